The molecule has 4 aliphatic rings. The van der Waals surface area contributed by atoms with Gasteiger partial charge in [-0.05, 0) is 42.7 Å². The van der Waals surface area contributed by atoms with Crippen molar-refractivity contribution in [3.05, 3.63) is 30.3 Å². The summed E-state index contributed by atoms with van der Waals surface area (Å²) in [5.74, 6) is 3.11. The standard InChI is InChI=1S/C14H15NO2/c16-14(15-9-4-2-1-3-5-9)17-13-8-6-10-11(7-8)12(10)13/h1-5,8,10-13H,6-7H2,(H,15,16). The first kappa shape index (κ1) is 9.51. The van der Waals surface area contributed by atoms with Crippen LogP contribution in [0.15, 0.2) is 30.3 Å². The highest BCUT2D eigenvalue weighted by Gasteiger charge is 2.70. The van der Waals surface area contributed by atoms with Gasteiger partial charge in [0.25, 0.3) is 0 Å². The average molecular weight is 229 g/mol. The van der Waals surface area contributed by atoms with Crippen LogP contribution in [0.5, 0.6) is 0 Å². The number of hydrogen-bond acceptors (Lipinski definition) is 2. The van der Waals surface area contributed by atoms with Crippen LogP contribution in [0, 0.1) is 23.7 Å². The van der Waals surface area contributed by atoms with Crippen LogP contribution in [0.4, 0.5) is 10.5 Å². The average Bonchev–Trinajstić information content (AvgIpc) is 2.71. The van der Waals surface area contributed by atoms with Crippen LogP contribution in [-0.2, 0) is 4.74 Å². The van der Waals surface area contributed by atoms with Gasteiger partial charge in [-0.15, -0.1) is 0 Å². The van der Waals surface area contributed by atoms with Crippen molar-refractivity contribution in [2.24, 2.45) is 23.7 Å². The Morgan fingerprint density at radius 3 is 2.47 bits per heavy atom. The van der Waals surface area contributed by atoms with Crippen LogP contribution in [0.2, 0.25) is 0 Å². The number of hydrogen-bond donors (Lipinski definition) is 1. The Morgan fingerprint density at radius 2 is 1.88 bits per heavy atom. The van der Waals surface area contributed by atoms with Crippen LogP contribution < -0.4 is 5.32 Å². The van der Waals surface area contributed by atoms with Crippen molar-refractivity contribution >= 4 is 11.8 Å². The lowest BCUT2D eigenvalue weighted by atomic mass is 10.1. The van der Waals surface area contributed by atoms with Crippen molar-refractivity contribution in [1.29, 1.82) is 0 Å². The predicted molar refractivity (Wildman–Crippen MR) is 63.5 cm³/mol. The molecule has 0 heterocycles. The maximum atomic E-state index is 11.8. The SMILES string of the molecule is O=C(Nc1ccccc1)OC1C2CC3C(C2)C31. The van der Waals surface area contributed by atoms with Crippen molar-refractivity contribution in [2.45, 2.75) is 18.9 Å². The van der Waals surface area contributed by atoms with E-state index in [2.05, 4.69) is 5.32 Å². The number of para-hydroxylation sites is 1. The third kappa shape index (κ3) is 1.38. The Hall–Kier alpha value is -1.51. The molecule has 88 valence electrons. The van der Waals surface area contributed by atoms with Gasteiger partial charge in [0.2, 0.25) is 0 Å². The molecular formula is C14H15NO2. The third-order valence-electron chi connectivity index (χ3n) is 4.65. The number of anilines is 1. The zero-order valence-electron chi connectivity index (χ0n) is 9.50. The van der Waals surface area contributed by atoms with Crippen molar-refractivity contribution < 1.29 is 9.53 Å². The summed E-state index contributed by atoms with van der Waals surface area (Å²) in [7, 11) is 0. The largest absolute Gasteiger partial charge is 0.445 e. The zero-order valence-corrected chi connectivity index (χ0v) is 9.50. The predicted octanol–water partition coefficient (Wildman–Crippen LogP) is 2.89. The van der Waals surface area contributed by atoms with Gasteiger partial charge >= 0.3 is 6.09 Å². The topological polar surface area (TPSA) is 38.3 Å². The first-order valence-electron chi connectivity index (χ1n) is 6.35. The maximum Gasteiger partial charge on any atom is 0.411 e. The number of ether oxygens (including phenoxy) is 1. The molecule has 0 saturated heterocycles. The molecule has 3 atom stereocenters. The van der Waals surface area contributed by atoms with E-state index < -0.39 is 0 Å². The lowest BCUT2D eigenvalue weighted by Crippen LogP contribution is -2.25. The zero-order chi connectivity index (χ0) is 11.4. The Balaban J connectivity index is 1.39. The smallest absolute Gasteiger partial charge is 0.411 e. The van der Waals surface area contributed by atoms with E-state index in [1.807, 2.05) is 30.3 Å². The van der Waals surface area contributed by atoms with E-state index in [0.717, 1.165) is 17.5 Å². The summed E-state index contributed by atoms with van der Waals surface area (Å²) < 4.78 is 5.57. The summed E-state index contributed by atoms with van der Waals surface area (Å²) in [5.41, 5.74) is 0.801. The molecular weight excluding hydrogens is 214 g/mol. The van der Waals surface area contributed by atoms with Gasteiger partial charge in [-0.25, -0.2) is 4.79 Å². The summed E-state index contributed by atoms with van der Waals surface area (Å²) >= 11 is 0. The van der Waals surface area contributed by atoms with Crippen LogP contribution >= 0.6 is 0 Å². The second-order valence-electron chi connectivity index (χ2n) is 5.50. The minimum Gasteiger partial charge on any atom is -0.445 e. The van der Waals surface area contributed by atoms with E-state index in [0.29, 0.717) is 11.8 Å². The Bertz CT molecular complexity index is 445. The van der Waals surface area contributed by atoms with Gasteiger partial charge in [0, 0.05) is 11.6 Å². The monoisotopic (exact) mass is 229 g/mol. The summed E-state index contributed by atoms with van der Waals surface area (Å²) in [4.78, 5) is 11.8. The van der Waals surface area contributed by atoms with Gasteiger partial charge in [-0.3, -0.25) is 5.32 Å². The molecule has 0 radical (unpaired) electrons. The van der Waals surface area contributed by atoms with E-state index in [9.17, 15) is 4.79 Å². The van der Waals surface area contributed by atoms with E-state index in [1.54, 1.807) is 0 Å². The summed E-state index contributed by atoms with van der Waals surface area (Å²) in [6, 6.07) is 9.47. The number of benzene rings is 1. The van der Waals surface area contributed by atoms with Crippen molar-refractivity contribution in [2.75, 3.05) is 5.32 Å². The molecule has 1 amide bonds. The Kier molecular flexibility index (Phi) is 1.82. The summed E-state index contributed by atoms with van der Waals surface area (Å²) in [5, 5.41) is 2.79. The highest BCUT2D eigenvalue weighted by atomic mass is 16.6. The number of carbonyl (C=O) groups excluding carboxylic acids is 1. The quantitative estimate of drug-likeness (QED) is 0.846. The first-order valence-corrected chi connectivity index (χ1v) is 6.35. The molecule has 3 unspecified atom stereocenters. The molecule has 0 aliphatic heterocycles. The molecule has 4 fully saturated rings. The van der Waals surface area contributed by atoms with Crippen LogP contribution in [-0.4, -0.2) is 12.2 Å². The van der Waals surface area contributed by atoms with Gasteiger partial charge in [0.05, 0.1) is 0 Å². The Labute approximate surface area is 100 Å². The third-order valence-corrected chi connectivity index (χ3v) is 4.65. The Morgan fingerprint density at radius 1 is 1.18 bits per heavy atom. The van der Waals surface area contributed by atoms with E-state index in [4.69, 9.17) is 4.74 Å². The highest BCUT2D eigenvalue weighted by molar-refractivity contribution is 5.84. The molecule has 0 spiro atoms. The van der Waals surface area contributed by atoms with Gasteiger partial charge in [-0.1, -0.05) is 18.2 Å². The van der Waals surface area contributed by atoms with E-state index in [-0.39, 0.29) is 12.2 Å². The maximum absolute atomic E-state index is 11.8. The number of carbonyl (C=O) groups is 1. The molecule has 3 heteroatoms. The minimum absolute atomic E-state index is 0.203. The molecule has 4 bridgehead atoms. The fraction of sp³-hybridized carbons (Fsp3) is 0.500. The normalized spacial score (nSPS) is 40.1. The summed E-state index contributed by atoms with van der Waals surface area (Å²) in [6.45, 7) is 0. The molecule has 5 rings (SSSR count). The lowest BCUT2D eigenvalue weighted by Gasteiger charge is -2.16. The number of nitrogens with one attached hydrogen (secondary N) is 1. The first-order chi connectivity index (χ1) is 8.33. The highest BCUT2D eigenvalue weighted by Crippen LogP contribution is 2.71. The van der Waals surface area contributed by atoms with E-state index >= 15 is 0 Å². The lowest BCUT2D eigenvalue weighted by molar-refractivity contribution is 0.0878. The van der Waals surface area contributed by atoms with Gasteiger partial charge < -0.3 is 4.74 Å². The van der Waals surface area contributed by atoms with Crippen LogP contribution in [0.1, 0.15) is 12.8 Å². The van der Waals surface area contributed by atoms with Gasteiger partial charge in [0.1, 0.15) is 6.10 Å². The molecule has 0 aromatic heterocycles. The number of amides is 1. The second kappa shape index (κ2) is 3.25. The van der Waals surface area contributed by atoms with Crippen molar-refractivity contribution in [3.8, 4) is 0 Å². The fourth-order valence-corrected chi connectivity index (χ4v) is 3.97. The van der Waals surface area contributed by atoms with Crippen molar-refractivity contribution in [3.63, 3.8) is 0 Å². The number of rotatable bonds is 2. The van der Waals surface area contributed by atoms with Gasteiger partial charge in [-0.2, -0.15) is 0 Å². The van der Waals surface area contributed by atoms with Crippen LogP contribution in [0.25, 0.3) is 0 Å². The van der Waals surface area contributed by atoms with Crippen LogP contribution in [0.3, 0.4) is 0 Å². The molecule has 4 saturated carbocycles. The molecule has 4 aliphatic carbocycles. The summed E-state index contributed by atoms with van der Waals surface area (Å²) in [6.07, 6.45) is 2.49. The van der Waals surface area contributed by atoms with Gasteiger partial charge in [0.15, 0.2) is 0 Å². The minimum atomic E-state index is -0.292. The molecule has 17 heavy (non-hydrogen) atoms. The molecule has 1 aromatic carbocycles. The fourth-order valence-electron chi connectivity index (χ4n) is 3.97. The van der Waals surface area contributed by atoms with E-state index in [1.165, 1.54) is 12.8 Å². The molecule has 1 aromatic rings. The van der Waals surface area contributed by atoms with Crippen molar-refractivity contribution in [1.82, 2.24) is 0 Å². The molecule has 1 N–H and O–H groups in total. The second-order valence-corrected chi connectivity index (χ2v) is 5.50. The molecule has 3 nitrogen and oxygen atoms in total.